The molecule has 1 unspecified atom stereocenters. The molecule has 1 aromatic rings. The molecule has 0 aliphatic heterocycles. The van der Waals surface area contributed by atoms with Gasteiger partial charge in [-0.15, -0.1) is 11.8 Å². The van der Waals surface area contributed by atoms with E-state index < -0.39 is 0 Å². The molecule has 98 valence electrons. The Morgan fingerprint density at radius 2 is 2.06 bits per heavy atom. The van der Waals surface area contributed by atoms with Crippen molar-refractivity contribution < 1.29 is 4.39 Å². The highest BCUT2D eigenvalue weighted by molar-refractivity contribution is 7.99. The lowest BCUT2D eigenvalue weighted by atomic mass is 9.95. The van der Waals surface area contributed by atoms with E-state index in [0.717, 1.165) is 23.5 Å². The molecule has 1 aliphatic rings. The van der Waals surface area contributed by atoms with Gasteiger partial charge in [0.1, 0.15) is 5.82 Å². The normalized spacial score (nSPS) is 17.3. The first-order valence-electron chi connectivity index (χ1n) is 6.33. The topological polar surface area (TPSA) is 38.0 Å². The molecule has 18 heavy (non-hydrogen) atoms. The van der Waals surface area contributed by atoms with Crippen molar-refractivity contribution in [2.45, 2.75) is 36.6 Å². The van der Waals surface area contributed by atoms with Crippen LogP contribution in [0.2, 0.25) is 0 Å². The number of thioether (sulfide) groups is 1. The summed E-state index contributed by atoms with van der Waals surface area (Å²) in [6.45, 7) is 0. The molecule has 1 atom stereocenters. The first-order chi connectivity index (χ1) is 8.79. The van der Waals surface area contributed by atoms with Crippen LogP contribution in [0.15, 0.2) is 40.8 Å². The third-order valence-electron chi connectivity index (χ3n) is 3.21. The van der Waals surface area contributed by atoms with Gasteiger partial charge in [0.15, 0.2) is 0 Å². The summed E-state index contributed by atoms with van der Waals surface area (Å²) in [6.07, 6.45) is 7.14. The van der Waals surface area contributed by atoms with Gasteiger partial charge in [-0.1, -0.05) is 11.6 Å². The molecule has 3 N–H and O–H groups in total. The number of allylic oxidation sites excluding steroid dienone is 1. The summed E-state index contributed by atoms with van der Waals surface area (Å²) in [5.41, 5.74) is 4.31. The number of nitrogens with one attached hydrogen (secondary N) is 1. The SMILES string of the molecule is NNC(CSc1ccc(F)cc1)C1=CCCCC1. The number of hydrogen-bond donors (Lipinski definition) is 2. The Kier molecular flexibility index (Phi) is 5.23. The lowest BCUT2D eigenvalue weighted by Gasteiger charge is -2.22. The van der Waals surface area contributed by atoms with Crippen LogP contribution in [-0.4, -0.2) is 11.8 Å². The van der Waals surface area contributed by atoms with Crippen LogP contribution in [0.3, 0.4) is 0 Å². The van der Waals surface area contributed by atoms with Crippen LogP contribution >= 0.6 is 11.8 Å². The summed E-state index contributed by atoms with van der Waals surface area (Å²) in [5, 5.41) is 0. The van der Waals surface area contributed by atoms with Crippen LogP contribution in [0, 0.1) is 5.82 Å². The second-order valence-electron chi connectivity index (χ2n) is 4.51. The maximum atomic E-state index is 12.8. The number of benzene rings is 1. The van der Waals surface area contributed by atoms with Crippen molar-refractivity contribution in [1.29, 1.82) is 0 Å². The summed E-state index contributed by atoms with van der Waals surface area (Å²) >= 11 is 1.71. The zero-order valence-electron chi connectivity index (χ0n) is 10.4. The fourth-order valence-corrected chi connectivity index (χ4v) is 3.15. The lowest BCUT2D eigenvalue weighted by Crippen LogP contribution is -2.38. The summed E-state index contributed by atoms with van der Waals surface area (Å²) in [7, 11) is 0. The third kappa shape index (κ3) is 3.83. The molecule has 0 saturated heterocycles. The van der Waals surface area contributed by atoms with Gasteiger partial charge in [0.25, 0.3) is 0 Å². The Labute approximate surface area is 112 Å². The van der Waals surface area contributed by atoms with Crippen molar-refractivity contribution in [3.8, 4) is 0 Å². The van der Waals surface area contributed by atoms with Crippen LogP contribution < -0.4 is 11.3 Å². The van der Waals surface area contributed by atoms with E-state index in [1.165, 1.54) is 30.5 Å². The number of hydrogen-bond acceptors (Lipinski definition) is 3. The first kappa shape index (κ1) is 13.6. The van der Waals surface area contributed by atoms with Crippen molar-refractivity contribution in [3.05, 3.63) is 41.7 Å². The summed E-state index contributed by atoms with van der Waals surface area (Å²) in [5.74, 6) is 6.32. The van der Waals surface area contributed by atoms with E-state index in [-0.39, 0.29) is 11.9 Å². The maximum Gasteiger partial charge on any atom is 0.123 e. The van der Waals surface area contributed by atoms with E-state index >= 15 is 0 Å². The van der Waals surface area contributed by atoms with Crippen LogP contribution in [0.1, 0.15) is 25.7 Å². The van der Waals surface area contributed by atoms with Crippen molar-refractivity contribution >= 4 is 11.8 Å². The molecule has 0 bridgehead atoms. The zero-order chi connectivity index (χ0) is 12.8. The Bertz CT molecular complexity index is 403. The lowest BCUT2D eigenvalue weighted by molar-refractivity contribution is 0.582. The average Bonchev–Trinajstić information content (AvgIpc) is 2.43. The second kappa shape index (κ2) is 6.92. The van der Waals surface area contributed by atoms with E-state index in [9.17, 15) is 4.39 Å². The molecule has 0 radical (unpaired) electrons. The van der Waals surface area contributed by atoms with Crippen LogP contribution in [0.4, 0.5) is 4.39 Å². The van der Waals surface area contributed by atoms with Crippen LogP contribution in [-0.2, 0) is 0 Å². The smallest absolute Gasteiger partial charge is 0.123 e. The summed E-state index contributed by atoms with van der Waals surface area (Å²) < 4.78 is 12.8. The van der Waals surface area contributed by atoms with Crippen molar-refractivity contribution in [3.63, 3.8) is 0 Å². The van der Waals surface area contributed by atoms with Gasteiger partial charge in [-0.25, -0.2) is 4.39 Å². The second-order valence-corrected chi connectivity index (χ2v) is 5.60. The first-order valence-corrected chi connectivity index (χ1v) is 7.31. The van der Waals surface area contributed by atoms with Crippen LogP contribution in [0.25, 0.3) is 0 Å². The number of halogens is 1. The van der Waals surface area contributed by atoms with Gasteiger partial charge in [0.05, 0.1) is 6.04 Å². The number of nitrogens with two attached hydrogens (primary N) is 1. The van der Waals surface area contributed by atoms with E-state index in [4.69, 9.17) is 5.84 Å². The molecule has 0 fully saturated rings. The fraction of sp³-hybridized carbons (Fsp3) is 0.429. The number of hydrazine groups is 1. The monoisotopic (exact) mass is 266 g/mol. The fourth-order valence-electron chi connectivity index (χ4n) is 2.15. The Balaban J connectivity index is 1.90. The van der Waals surface area contributed by atoms with Gasteiger partial charge >= 0.3 is 0 Å². The highest BCUT2D eigenvalue weighted by Gasteiger charge is 2.15. The molecule has 1 aliphatic carbocycles. The standard InChI is InChI=1S/C14H19FN2S/c15-12-6-8-13(9-7-12)18-10-14(17-16)11-4-2-1-3-5-11/h4,6-9,14,17H,1-3,5,10,16H2. The largest absolute Gasteiger partial charge is 0.271 e. The van der Waals surface area contributed by atoms with Gasteiger partial charge in [-0.2, -0.15) is 0 Å². The van der Waals surface area contributed by atoms with Crippen LogP contribution in [0.5, 0.6) is 0 Å². The molecule has 4 heteroatoms. The predicted molar refractivity (Wildman–Crippen MR) is 74.8 cm³/mol. The Hall–Kier alpha value is -0.840. The highest BCUT2D eigenvalue weighted by atomic mass is 32.2. The molecular formula is C14H19FN2S. The minimum absolute atomic E-state index is 0.192. The molecule has 2 rings (SSSR count). The van der Waals surface area contributed by atoms with E-state index in [1.807, 2.05) is 12.1 Å². The molecule has 0 aromatic heterocycles. The molecule has 0 heterocycles. The highest BCUT2D eigenvalue weighted by Crippen LogP contribution is 2.25. The van der Waals surface area contributed by atoms with Gasteiger partial charge in [0.2, 0.25) is 0 Å². The van der Waals surface area contributed by atoms with Gasteiger partial charge in [-0.05, 0) is 49.9 Å². The Morgan fingerprint density at radius 3 is 2.67 bits per heavy atom. The Morgan fingerprint density at radius 1 is 1.28 bits per heavy atom. The minimum atomic E-state index is -0.192. The summed E-state index contributed by atoms with van der Waals surface area (Å²) in [6, 6.07) is 6.83. The third-order valence-corrected chi connectivity index (χ3v) is 4.31. The molecule has 0 saturated carbocycles. The average molecular weight is 266 g/mol. The van der Waals surface area contributed by atoms with Crippen molar-refractivity contribution in [2.75, 3.05) is 5.75 Å². The zero-order valence-corrected chi connectivity index (χ0v) is 11.2. The van der Waals surface area contributed by atoms with E-state index in [0.29, 0.717) is 0 Å². The van der Waals surface area contributed by atoms with Crippen molar-refractivity contribution in [1.82, 2.24) is 5.43 Å². The molecule has 1 aromatic carbocycles. The molecular weight excluding hydrogens is 247 g/mol. The molecule has 0 spiro atoms. The minimum Gasteiger partial charge on any atom is -0.271 e. The summed E-state index contributed by atoms with van der Waals surface area (Å²) in [4.78, 5) is 1.08. The quantitative estimate of drug-likeness (QED) is 0.372. The maximum absolute atomic E-state index is 12.8. The number of rotatable bonds is 5. The van der Waals surface area contributed by atoms with Gasteiger partial charge in [-0.3, -0.25) is 11.3 Å². The van der Waals surface area contributed by atoms with Gasteiger partial charge in [0, 0.05) is 10.6 Å². The molecule has 0 amide bonds. The van der Waals surface area contributed by atoms with E-state index in [1.54, 1.807) is 11.8 Å². The molecule has 2 nitrogen and oxygen atoms in total. The predicted octanol–water partition coefficient (Wildman–Crippen LogP) is 3.25. The van der Waals surface area contributed by atoms with E-state index in [2.05, 4.69) is 11.5 Å². The van der Waals surface area contributed by atoms with Crippen molar-refractivity contribution in [2.24, 2.45) is 5.84 Å². The van der Waals surface area contributed by atoms with Gasteiger partial charge < -0.3 is 0 Å².